The minimum atomic E-state index is -0.334. The predicted octanol–water partition coefficient (Wildman–Crippen LogP) is 5.06. The maximum absolute atomic E-state index is 12.2. The van der Waals surface area contributed by atoms with Crippen molar-refractivity contribution >= 4 is 40.9 Å². The van der Waals surface area contributed by atoms with Crippen LogP contribution in [0, 0.1) is 0 Å². The van der Waals surface area contributed by atoms with Crippen LogP contribution in [0.2, 0.25) is 10.0 Å². The van der Waals surface area contributed by atoms with Gasteiger partial charge in [0.15, 0.2) is 17.2 Å². The van der Waals surface area contributed by atoms with Gasteiger partial charge in [-0.3, -0.25) is 4.79 Å². The number of benzene rings is 2. The molecule has 0 fully saturated rings. The molecule has 1 amide bonds. The smallest absolute Gasteiger partial charge is 0.248 e. The summed E-state index contributed by atoms with van der Waals surface area (Å²) in [4.78, 5) is 12.2. The number of amides is 1. The molecule has 2 aromatic carbocycles. The zero-order valence-electron chi connectivity index (χ0n) is 14.6. The van der Waals surface area contributed by atoms with Crippen molar-refractivity contribution in [2.75, 3.05) is 26.1 Å². The lowest BCUT2D eigenvalue weighted by atomic mass is 10.2. The Kier molecular flexibility index (Phi) is 7.18. The van der Waals surface area contributed by atoms with E-state index < -0.39 is 0 Å². The maximum atomic E-state index is 12.2. The number of carbonyl (C=O) groups excluding carboxylic acids is 1. The number of nitrogens with one attached hydrogen (secondary N) is 1. The van der Waals surface area contributed by atoms with Crippen molar-refractivity contribution in [2.24, 2.45) is 0 Å². The summed E-state index contributed by atoms with van der Waals surface area (Å²) in [5.74, 6) is 1.02. The lowest BCUT2D eigenvalue weighted by molar-refractivity contribution is -0.111. The molecule has 0 radical (unpaired) electrons. The largest absolute Gasteiger partial charge is 0.493 e. The third-order valence-electron chi connectivity index (χ3n) is 3.40. The quantitative estimate of drug-likeness (QED) is 0.665. The summed E-state index contributed by atoms with van der Waals surface area (Å²) in [6.07, 6.45) is 3.00. The summed E-state index contributed by atoms with van der Waals surface area (Å²) in [7, 11) is 3.02. The molecule has 5 nitrogen and oxygen atoms in total. The standard InChI is InChI=1S/C19H19Cl2NO4/c1-4-26-18-13(20)6-5-7-15(18)22-17(23)9-8-12-10-14(21)19(25-3)16(11-12)24-2/h5-11H,4H2,1-3H3,(H,22,23). The van der Waals surface area contributed by atoms with Crippen LogP contribution in [0.1, 0.15) is 12.5 Å². The summed E-state index contributed by atoms with van der Waals surface area (Å²) >= 11 is 12.3. The molecule has 0 aromatic heterocycles. The van der Waals surface area contributed by atoms with Crippen molar-refractivity contribution in [3.05, 3.63) is 52.0 Å². The first-order valence-corrected chi connectivity index (χ1v) is 8.57. The molecule has 0 aliphatic carbocycles. The first-order chi connectivity index (χ1) is 12.5. The number of methoxy groups -OCH3 is 2. The van der Waals surface area contributed by atoms with Crippen LogP contribution in [0.15, 0.2) is 36.4 Å². The van der Waals surface area contributed by atoms with E-state index in [9.17, 15) is 4.79 Å². The zero-order chi connectivity index (χ0) is 19.1. The van der Waals surface area contributed by atoms with Gasteiger partial charge in [0, 0.05) is 6.08 Å². The van der Waals surface area contributed by atoms with Crippen LogP contribution in [0.4, 0.5) is 5.69 Å². The number of ether oxygens (including phenoxy) is 3. The fourth-order valence-corrected chi connectivity index (χ4v) is 2.80. The molecular formula is C19H19Cl2NO4. The van der Waals surface area contributed by atoms with Gasteiger partial charge >= 0.3 is 0 Å². The van der Waals surface area contributed by atoms with Gasteiger partial charge in [-0.15, -0.1) is 0 Å². The summed E-state index contributed by atoms with van der Waals surface area (Å²) in [6, 6.07) is 8.55. The molecule has 0 aliphatic heterocycles. The molecular weight excluding hydrogens is 377 g/mol. The van der Waals surface area contributed by atoms with Crippen LogP contribution >= 0.6 is 23.2 Å². The minimum Gasteiger partial charge on any atom is -0.493 e. The Balaban J connectivity index is 2.18. The van der Waals surface area contributed by atoms with E-state index in [2.05, 4.69) is 5.32 Å². The Morgan fingerprint density at radius 2 is 1.88 bits per heavy atom. The Morgan fingerprint density at radius 1 is 1.12 bits per heavy atom. The molecule has 0 aliphatic rings. The monoisotopic (exact) mass is 395 g/mol. The molecule has 7 heteroatoms. The van der Waals surface area contributed by atoms with Crippen molar-refractivity contribution in [1.29, 1.82) is 0 Å². The van der Waals surface area contributed by atoms with Crippen LogP contribution in [0.25, 0.3) is 6.08 Å². The first kappa shape index (κ1) is 19.9. The predicted molar refractivity (Wildman–Crippen MR) is 105 cm³/mol. The van der Waals surface area contributed by atoms with Crippen molar-refractivity contribution in [1.82, 2.24) is 0 Å². The molecule has 0 heterocycles. The van der Waals surface area contributed by atoms with E-state index in [1.165, 1.54) is 20.3 Å². The van der Waals surface area contributed by atoms with Crippen LogP contribution < -0.4 is 19.5 Å². The lowest BCUT2D eigenvalue weighted by Crippen LogP contribution is -2.09. The molecule has 0 saturated carbocycles. The van der Waals surface area contributed by atoms with Gasteiger partial charge in [0.05, 0.1) is 36.6 Å². The third-order valence-corrected chi connectivity index (χ3v) is 3.97. The SMILES string of the molecule is CCOc1c(Cl)cccc1NC(=O)C=Cc1cc(Cl)c(OC)c(OC)c1. The van der Waals surface area contributed by atoms with Crippen LogP contribution in [0.5, 0.6) is 17.2 Å². The second kappa shape index (κ2) is 9.36. The average Bonchev–Trinajstić information content (AvgIpc) is 2.62. The summed E-state index contributed by atoms with van der Waals surface area (Å²) < 4.78 is 15.9. The van der Waals surface area contributed by atoms with E-state index in [4.69, 9.17) is 37.4 Å². The van der Waals surface area contributed by atoms with Gasteiger partial charge in [-0.25, -0.2) is 0 Å². The number of hydrogen-bond donors (Lipinski definition) is 1. The topological polar surface area (TPSA) is 56.8 Å². The average molecular weight is 396 g/mol. The molecule has 0 atom stereocenters. The number of halogens is 2. The van der Waals surface area contributed by atoms with Gasteiger partial charge in [-0.1, -0.05) is 29.3 Å². The summed E-state index contributed by atoms with van der Waals surface area (Å²) in [6.45, 7) is 2.28. The Bertz CT molecular complexity index is 821. The van der Waals surface area contributed by atoms with Crippen LogP contribution in [-0.4, -0.2) is 26.7 Å². The molecule has 0 spiro atoms. The molecule has 2 rings (SSSR count). The third kappa shape index (κ3) is 4.84. The normalized spacial score (nSPS) is 10.7. The second-order valence-electron chi connectivity index (χ2n) is 5.11. The van der Waals surface area contributed by atoms with Crippen molar-refractivity contribution < 1.29 is 19.0 Å². The second-order valence-corrected chi connectivity index (χ2v) is 5.92. The highest BCUT2D eigenvalue weighted by Gasteiger charge is 2.11. The van der Waals surface area contributed by atoms with E-state index in [1.54, 1.807) is 36.4 Å². The molecule has 0 saturated heterocycles. The van der Waals surface area contributed by atoms with E-state index in [1.807, 2.05) is 6.92 Å². The fraction of sp³-hybridized carbons (Fsp3) is 0.211. The minimum absolute atomic E-state index is 0.334. The number of anilines is 1. The molecule has 0 bridgehead atoms. The van der Waals surface area contributed by atoms with E-state index in [-0.39, 0.29) is 5.91 Å². The van der Waals surface area contributed by atoms with E-state index in [0.717, 1.165) is 0 Å². The molecule has 138 valence electrons. The lowest BCUT2D eigenvalue weighted by Gasteiger charge is -2.12. The van der Waals surface area contributed by atoms with Gasteiger partial charge in [-0.2, -0.15) is 0 Å². The highest BCUT2D eigenvalue weighted by Crippen LogP contribution is 2.36. The van der Waals surface area contributed by atoms with Gasteiger partial charge < -0.3 is 19.5 Å². The Hall–Kier alpha value is -2.37. The van der Waals surface area contributed by atoms with Crippen LogP contribution in [-0.2, 0) is 4.79 Å². The molecule has 26 heavy (non-hydrogen) atoms. The Morgan fingerprint density at radius 3 is 2.54 bits per heavy atom. The summed E-state index contributed by atoms with van der Waals surface area (Å²) in [5.41, 5.74) is 1.19. The highest BCUT2D eigenvalue weighted by molar-refractivity contribution is 6.33. The fourth-order valence-electron chi connectivity index (χ4n) is 2.28. The van der Waals surface area contributed by atoms with Gasteiger partial charge in [0.2, 0.25) is 5.91 Å². The number of hydrogen-bond acceptors (Lipinski definition) is 4. The molecule has 2 aromatic rings. The van der Waals surface area contributed by atoms with E-state index in [0.29, 0.717) is 45.2 Å². The Labute approximate surface area is 162 Å². The van der Waals surface area contributed by atoms with Crippen molar-refractivity contribution in [3.63, 3.8) is 0 Å². The first-order valence-electron chi connectivity index (χ1n) is 7.82. The van der Waals surface area contributed by atoms with E-state index >= 15 is 0 Å². The van der Waals surface area contributed by atoms with Gasteiger partial charge in [0.25, 0.3) is 0 Å². The van der Waals surface area contributed by atoms with Crippen LogP contribution in [0.3, 0.4) is 0 Å². The van der Waals surface area contributed by atoms with Crippen molar-refractivity contribution in [2.45, 2.75) is 6.92 Å². The highest BCUT2D eigenvalue weighted by atomic mass is 35.5. The van der Waals surface area contributed by atoms with Gasteiger partial charge in [0.1, 0.15) is 0 Å². The van der Waals surface area contributed by atoms with Crippen molar-refractivity contribution in [3.8, 4) is 17.2 Å². The van der Waals surface area contributed by atoms with Gasteiger partial charge in [-0.05, 0) is 42.8 Å². The molecule has 1 N–H and O–H groups in total. The number of carbonyl (C=O) groups is 1. The summed E-state index contributed by atoms with van der Waals surface area (Å²) in [5, 5.41) is 3.57. The number of rotatable bonds is 7. The number of para-hydroxylation sites is 1. The molecule has 0 unspecified atom stereocenters. The maximum Gasteiger partial charge on any atom is 0.248 e. The zero-order valence-corrected chi connectivity index (χ0v) is 16.1.